The molecule has 1 aliphatic heterocycles. The highest BCUT2D eigenvalue weighted by molar-refractivity contribution is 7.17. The summed E-state index contributed by atoms with van der Waals surface area (Å²) in [4.78, 5) is 9.89. The summed E-state index contributed by atoms with van der Waals surface area (Å²) >= 11 is 1.81. The van der Waals surface area contributed by atoms with E-state index in [0.29, 0.717) is 5.92 Å². The highest BCUT2D eigenvalue weighted by Gasteiger charge is 2.28. The zero-order chi connectivity index (χ0) is 20.6. The van der Waals surface area contributed by atoms with Crippen molar-refractivity contribution in [1.82, 2.24) is 14.5 Å². The molecule has 4 nitrogen and oxygen atoms in total. The Morgan fingerprint density at radius 1 is 1.13 bits per heavy atom. The number of aromatic nitrogens is 4. The maximum absolute atomic E-state index is 5.07. The Morgan fingerprint density at radius 2 is 1.93 bits per heavy atom. The minimum Gasteiger partial charge on any atom is -0.302 e. The Bertz CT molecular complexity index is 1520. The molecule has 5 aromatic rings. The Balaban J connectivity index is 1.85. The monoisotopic (exact) mass is 411 g/mol. The van der Waals surface area contributed by atoms with Crippen molar-refractivity contribution in [2.75, 3.05) is 0 Å². The third kappa shape index (κ3) is 2.24. The zero-order valence-electron chi connectivity index (χ0n) is 17.6. The van der Waals surface area contributed by atoms with E-state index in [1.165, 1.54) is 43.4 Å². The molecule has 0 radical (unpaired) electrons. The first kappa shape index (κ1) is 17.8. The lowest BCUT2D eigenvalue weighted by atomic mass is 9.95. The van der Waals surface area contributed by atoms with Crippen molar-refractivity contribution in [3.05, 3.63) is 59.0 Å². The SMILES string of the molecule is Cc1c(-c2c3scc(C(C)C)c3nc[n+]2C)c2c(nc3n2C=CC3)c2ccccc12. The summed E-state index contributed by atoms with van der Waals surface area (Å²) in [6, 6.07) is 8.66. The van der Waals surface area contributed by atoms with Crippen LogP contribution in [0, 0.1) is 6.92 Å². The number of aryl methyl sites for hydroxylation is 2. The van der Waals surface area contributed by atoms with Crippen LogP contribution in [0.5, 0.6) is 0 Å². The van der Waals surface area contributed by atoms with Gasteiger partial charge in [-0.3, -0.25) is 0 Å². The van der Waals surface area contributed by atoms with E-state index in [1.807, 2.05) is 6.33 Å². The molecule has 30 heavy (non-hydrogen) atoms. The van der Waals surface area contributed by atoms with Crippen molar-refractivity contribution in [3.8, 4) is 11.3 Å². The topological polar surface area (TPSA) is 34.6 Å². The Labute approximate surface area is 179 Å². The normalized spacial score (nSPS) is 13.4. The molecular formula is C25H23N4S+. The summed E-state index contributed by atoms with van der Waals surface area (Å²) in [6.45, 7) is 6.73. The molecule has 4 heterocycles. The summed E-state index contributed by atoms with van der Waals surface area (Å²) in [7, 11) is 2.11. The molecule has 0 unspecified atom stereocenters. The van der Waals surface area contributed by atoms with Gasteiger partial charge in [-0.25, -0.2) is 9.55 Å². The van der Waals surface area contributed by atoms with Crippen LogP contribution >= 0.6 is 11.3 Å². The fourth-order valence-electron chi connectivity index (χ4n) is 4.82. The molecule has 0 aliphatic carbocycles. The first-order chi connectivity index (χ1) is 14.6. The molecule has 0 spiro atoms. The third-order valence-corrected chi connectivity index (χ3v) is 7.31. The van der Waals surface area contributed by atoms with Gasteiger partial charge in [-0.1, -0.05) is 44.2 Å². The number of nitrogens with zero attached hydrogens (tertiary/aromatic N) is 4. The van der Waals surface area contributed by atoms with Crippen molar-refractivity contribution < 1.29 is 4.57 Å². The second-order valence-corrected chi connectivity index (χ2v) is 9.34. The first-order valence-corrected chi connectivity index (χ1v) is 11.3. The Kier molecular flexibility index (Phi) is 3.69. The van der Waals surface area contributed by atoms with Gasteiger partial charge in [-0.15, -0.1) is 11.3 Å². The minimum atomic E-state index is 0.451. The quantitative estimate of drug-likeness (QED) is 0.347. The molecular weight excluding hydrogens is 388 g/mol. The largest absolute Gasteiger partial charge is 0.302 e. The zero-order valence-corrected chi connectivity index (χ0v) is 18.4. The fraction of sp³-hybridized carbons (Fsp3) is 0.240. The maximum Gasteiger partial charge on any atom is 0.287 e. The van der Waals surface area contributed by atoms with Crippen LogP contribution < -0.4 is 4.57 Å². The molecule has 0 amide bonds. The smallest absolute Gasteiger partial charge is 0.287 e. The molecule has 0 fully saturated rings. The Hall–Kier alpha value is -3.05. The lowest BCUT2D eigenvalue weighted by Crippen LogP contribution is -2.31. The molecule has 6 rings (SSSR count). The van der Waals surface area contributed by atoms with Gasteiger partial charge in [0.1, 0.15) is 10.5 Å². The van der Waals surface area contributed by atoms with Crippen LogP contribution in [0.25, 0.3) is 49.5 Å². The number of hydrogen-bond acceptors (Lipinski definition) is 3. The predicted molar refractivity (Wildman–Crippen MR) is 125 cm³/mol. The van der Waals surface area contributed by atoms with Gasteiger partial charge in [-0.2, -0.15) is 0 Å². The second-order valence-electron chi connectivity index (χ2n) is 8.46. The summed E-state index contributed by atoms with van der Waals surface area (Å²) in [5, 5.41) is 4.78. The van der Waals surface area contributed by atoms with Crippen LogP contribution in [-0.2, 0) is 13.5 Å². The van der Waals surface area contributed by atoms with Crippen LogP contribution in [0.2, 0.25) is 0 Å². The molecule has 1 aliphatic rings. The van der Waals surface area contributed by atoms with E-state index in [2.05, 4.69) is 78.9 Å². The Morgan fingerprint density at radius 3 is 2.73 bits per heavy atom. The fourth-order valence-corrected chi connectivity index (χ4v) is 6.09. The van der Waals surface area contributed by atoms with Crippen LogP contribution in [0.1, 0.15) is 36.7 Å². The van der Waals surface area contributed by atoms with E-state index >= 15 is 0 Å². The van der Waals surface area contributed by atoms with Gasteiger partial charge >= 0.3 is 0 Å². The molecule has 0 atom stereocenters. The maximum atomic E-state index is 5.07. The number of thiophene rings is 1. The van der Waals surface area contributed by atoms with E-state index in [4.69, 9.17) is 9.97 Å². The van der Waals surface area contributed by atoms with E-state index in [9.17, 15) is 0 Å². The average Bonchev–Trinajstić information content (AvgIpc) is 3.44. The average molecular weight is 412 g/mol. The van der Waals surface area contributed by atoms with Gasteiger partial charge in [0.25, 0.3) is 6.33 Å². The number of fused-ring (bicyclic) bond motifs is 6. The van der Waals surface area contributed by atoms with Gasteiger partial charge in [0.2, 0.25) is 5.52 Å². The molecule has 0 saturated carbocycles. The number of benzene rings is 2. The first-order valence-electron chi connectivity index (χ1n) is 10.4. The third-order valence-electron chi connectivity index (χ3n) is 6.32. The van der Waals surface area contributed by atoms with Crippen molar-refractivity contribution in [2.24, 2.45) is 7.05 Å². The molecule has 2 aromatic carbocycles. The van der Waals surface area contributed by atoms with Crippen molar-refractivity contribution in [2.45, 2.75) is 33.1 Å². The molecule has 0 N–H and O–H groups in total. The molecule has 0 saturated heterocycles. The van der Waals surface area contributed by atoms with Crippen molar-refractivity contribution >= 4 is 49.6 Å². The van der Waals surface area contributed by atoms with Gasteiger partial charge in [0.15, 0.2) is 5.69 Å². The van der Waals surface area contributed by atoms with Crippen LogP contribution in [0.4, 0.5) is 0 Å². The van der Waals surface area contributed by atoms with Crippen molar-refractivity contribution in [3.63, 3.8) is 0 Å². The van der Waals surface area contributed by atoms with Crippen LogP contribution in [0.15, 0.2) is 42.0 Å². The molecule has 3 aromatic heterocycles. The van der Waals surface area contributed by atoms with Gasteiger partial charge < -0.3 is 4.57 Å². The standard InChI is InChI=1S/C25H23N4S/c1-14(2)18-12-30-25-22(18)26-13-28(4)24(25)20-15(3)16-8-5-6-9-17(16)21-23(20)29-11-7-10-19(29)27-21/h5-9,11-14H,10H2,1-4H3/q+1. The summed E-state index contributed by atoms with van der Waals surface area (Å²) in [5.74, 6) is 1.57. The lowest BCUT2D eigenvalue weighted by Gasteiger charge is -2.14. The highest BCUT2D eigenvalue weighted by atomic mass is 32.1. The van der Waals surface area contributed by atoms with Crippen LogP contribution in [-0.4, -0.2) is 14.5 Å². The highest BCUT2D eigenvalue weighted by Crippen LogP contribution is 2.42. The van der Waals surface area contributed by atoms with E-state index in [1.54, 1.807) is 11.3 Å². The summed E-state index contributed by atoms with van der Waals surface area (Å²) in [5.41, 5.74) is 8.54. The summed E-state index contributed by atoms with van der Waals surface area (Å²) < 4.78 is 5.71. The number of imidazole rings is 1. The number of hydrogen-bond donors (Lipinski definition) is 0. The van der Waals surface area contributed by atoms with Gasteiger partial charge in [0, 0.05) is 23.6 Å². The predicted octanol–water partition coefficient (Wildman–Crippen LogP) is 5.75. The minimum absolute atomic E-state index is 0.451. The molecule has 5 heteroatoms. The molecule has 148 valence electrons. The van der Waals surface area contributed by atoms with E-state index in [0.717, 1.165) is 23.3 Å². The van der Waals surface area contributed by atoms with Gasteiger partial charge in [-0.05, 0) is 34.2 Å². The van der Waals surface area contributed by atoms with Gasteiger partial charge in [0.05, 0.1) is 23.6 Å². The molecule has 0 bridgehead atoms. The van der Waals surface area contributed by atoms with Crippen molar-refractivity contribution in [1.29, 1.82) is 0 Å². The number of rotatable bonds is 2. The number of allylic oxidation sites excluding steroid dienone is 1. The van der Waals surface area contributed by atoms with E-state index in [-0.39, 0.29) is 0 Å². The van der Waals surface area contributed by atoms with E-state index < -0.39 is 0 Å². The second kappa shape index (κ2) is 6.22. The van der Waals surface area contributed by atoms with Crippen LogP contribution in [0.3, 0.4) is 0 Å². The lowest BCUT2D eigenvalue weighted by molar-refractivity contribution is -0.662. The summed E-state index contributed by atoms with van der Waals surface area (Å²) in [6.07, 6.45) is 7.22.